The molecule has 0 fully saturated rings. The first-order valence-electron chi connectivity index (χ1n) is 5.90. The molecule has 0 aromatic heterocycles. The molecule has 0 saturated carbocycles. The molecule has 0 heterocycles. The summed E-state index contributed by atoms with van der Waals surface area (Å²) in [6, 6.07) is 3.34. The standard InChI is InChI=1S/C10H9F4NO4S.CH4O3S/c1-9(11,8(15)16)6-2-4-7(5-3-6)19-20(17,18)10(12,13)14;1-5(2,3)4/h2-5H,1H3,(H2,15,16);1H3,(H,2,3,4). The first-order valence-corrected chi connectivity index (χ1v) is 9.16. The quantitative estimate of drug-likeness (QED) is 0.327. The van der Waals surface area contributed by atoms with E-state index in [1.807, 2.05) is 0 Å². The fourth-order valence-electron chi connectivity index (χ4n) is 1.14. The SMILES string of the molecule is CC(F)(C(N)=O)c1ccc(OS(=O)(=O)C(F)(F)F)cc1.CS(=O)(=O)O. The molecule has 1 rings (SSSR count). The van der Waals surface area contributed by atoms with Crippen LogP contribution in [0.5, 0.6) is 5.75 Å². The van der Waals surface area contributed by atoms with E-state index in [0.717, 1.165) is 31.2 Å². The van der Waals surface area contributed by atoms with Crippen LogP contribution in [0.25, 0.3) is 0 Å². The van der Waals surface area contributed by atoms with E-state index < -0.39 is 43.1 Å². The number of nitrogens with two attached hydrogens (primary N) is 1. The molecule has 0 aliphatic heterocycles. The van der Waals surface area contributed by atoms with Gasteiger partial charge in [0.25, 0.3) is 16.0 Å². The van der Waals surface area contributed by atoms with Crippen molar-refractivity contribution in [2.45, 2.75) is 18.1 Å². The molecule has 0 aliphatic rings. The van der Waals surface area contributed by atoms with Gasteiger partial charge in [0.2, 0.25) is 5.67 Å². The lowest BCUT2D eigenvalue weighted by Gasteiger charge is -2.17. The van der Waals surface area contributed by atoms with Gasteiger partial charge in [0.15, 0.2) is 0 Å². The predicted octanol–water partition coefficient (Wildman–Crippen LogP) is 1.09. The Balaban J connectivity index is 0.00000101. The second-order valence-corrected chi connectivity index (χ2v) is 7.61. The minimum absolute atomic E-state index is 0.248. The number of carbonyl (C=O) groups is 1. The zero-order valence-electron chi connectivity index (χ0n) is 12.6. The highest BCUT2D eigenvalue weighted by atomic mass is 32.2. The van der Waals surface area contributed by atoms with E-state index in [1.165, 1.54) is 0 Å². The number of primary amides is 1. The second kappa shape index (κ2) is 7.53. The maximum absolute atomic E-state index is 13.8. The van der Waals surface area contributed by atoms with Crippen LogP contribution in [0.4, 0.5) is 17.6 Å². The molecule has 25 heavy (non-hydrogen) atoms. The summed E-state index contributed by atoms with van der Waals surface area (Å²) in [7, 11) is -9.47. The van der Waals surface area contributed by atoms with Gasteiger partial charge in [0.05, 0.1) is 6.26 Å². The maximum atomic E-state index is 13.8. The van der Waals surface area contributed by atoms with Crippen LogP contribution in [0.2, 0.25) is 0 Å². The van der Waals surface area contributed by atoms with E-state index in [9.17, 15) is 39.2 Å². The van der Waals surface area contributed by atoms with E-state index in [0.29, 0.717) is 6.26 Å². The van der Waals surface area contributed by atoms with Crippen molar-refractivity contribution in [2.24, 2.45) is 5.73 Å². The molecule has 3 N–H and O–H groups in total. The number of benzene rings is 1. The summed E-state index contributed by atoms with van der Waals surface area (Å²) in [5, 5.41) is 0. The van der Waals surface area contributed by atoms with E-state index in [1.54, 1.807) is 0 Å². The van der Waals surface area contributed by atoms with Gasteiger partial charge in [-0.1, -0.05) is 12.1 Å². The Bertz CT molecular complexity index is 807. The lowest BCUT2D eigenvalue weighted by atomic mass is 9.97. The Morgan fingerprint density at radius 1 is 1.08 bits per heavy atom. The summed E-state index contributed by atoms with van der Waals surface area (Å²) in [6.07, 6.45) is 0.715. The molecule has 0 spiro atoms. The minimum atomic E-state index is -5.80. The number of carbonyl (C=O) groups excluding carboxylic acids is 1. The van der Waals surface area contributed by atoms with Crippen molar-refractivity contribution < 1.29 is 47.9 Å². The van der Waals surface area contributed by atoms with Crippen molar-refractivity contribution in [3.63, 3.8) is 0 Å². The van der Waals surface area contributed by atoms with Crippen LogP contribution in [0.1, 0.15) is 12.5 Å². The zero-order chi connectivity index (χ0) is 20.3. The molecule has 1 amide bonds. The third-order valence-corrected chi connectivity index (χ3v) is 3.33. The molecule has 1 unspecified atom stereocenters. The summed E-state index contributed by atoms with van der Waals surface area (Å²) in [5.74, 6) is -1.97. The van der Waals surface area contributed by atoms with Gasteiger partial charge in [-0.25, -0.2) is 4.39 Å². The second-order valence-electron chi connectivity index (χ2n) is 4.61. The average Bonchev–Trinajstić information content (AvgIpc) is 2.35. The largest absolute Gasteiger partial charge is 0.534 e. The summed E-state index contributed by atoms with van der Waals surface area (Å²) >= 11 is 0. The van der Waals surface area contributed by atoms with E-state index >= 15 is 0 Å². The van der Waals surface area contributed by atoms with Gasteiger partial charge in [-0.15, -0.1) is 0 Å². The number of rotatable bonds is 4. The predicted molar refractivity (Wildman–Crippen MR) is 77.2 cm³/mol. The number of hydrogen-bond donors (Lipinski definition) is 2. The normalized spacial score (nSPS) is 14.7. The fraction of sp³-hybridized carbons (Fsp3) is 0.364. The summed E-state index contributed by atoms with van der Waals surface area (Å²) in [5.41, 5.74) is -3.56. The molecule has 0 saturated heterocycles. The van der Waals surface area contributed by atoms with E-state index in [-0.39, 0.29) is 5.56 Å². The number of hydrogen-bond acceptors (Lipinski definition) is 6. The highest BCUT2D eigenvalue weighted by Gasteiger charge is 2.48. The topological polar surface area (TPSA) is 141 Å². The van der Waals surface area contributed by atoms with E-state index in [2.05, 4.69) is 4.18 Å². The van der Waals surface area contributed by atoms with Crippen LogP contribution < -0.4 is 9.92 Å². The van der Waals surface area contributed by atoms with Gasteiger partial charge < -0.3 is 9.92 Å². The number of halogens is 4. The molecular weight excluding hydrogens is 398 g/mol. The highest BCUT2D eigenvalue weighted by Crippen LogP contribution is 2.30. The van der Waals surface area contributed by atoms with Gasteiger partial charge in [0.1, 0.15) is 5.75 Å². The molecule has 1 aromatic rings. The van der Waals surface area contributed by atoms with Crippen molar-refractivity contribution in [1.82, 2.24) is 0 Å². The monoisotopic (exact) mass is 411 g/mol. The molecule has 14 heteroatoms. The highest BCUT2D eigenvalue weighted by molar-refractivity contribution is 7.88. The fourth-order valence-corrected chi connectivity index (χ4v) is 1.60. The van der Waals surface area contributed by atoms with Gasteiger partial charge in [-0.05, 0) is 24.6 Å². The molecular formula is C11H13F4NO7S2. The molecule has 0 aliphatic carbocycles. The van der Waals surface area contributed by atoms with Crippen LogP contribution in [-0.2, 0) is 30.7 Å². The van der Waals surface area contributed by atoms with Crippen molar-refractivity contribution in [1.29, 1.82) is 0 Å². The molecule has 1 aromatic carbocycles. The molecule has 144 valence electrons. The van der Waals surface area contributed by atoms with Crippen LogP contribution in [-0.4, -0.2) is 39.1 Å². The summed E-state index contributed by atoms with van der Waals surface area (Å²) in [4.78, 5) is 10.8. The van der Waals surface area contributed by atoms with E-state index in [4.69, 9.17) is 10.3 Å². The lowest BCUT2D eigenvalue weighted by molar-refractivity contribution is -0.128. The Hall–Kier alpha value is -1.93. The van der Waals surface area contributed by atoms with Gasteiger partial charge in [-0.2, -0.15) is 30.0 Å². The summed E-state index contributed by atoms with van der Waals surface area (Å²) in [6.45, 7) is 0.859. The third kappa shape index (κ3) is 7.66. The molecule has 0 bridgehead atoms. The Morgan fingerprint density at radius 3 is 1.72 bits per heavy atom. The minimum Gasteiger partial charge on any atom is -0.376 e. The molecule has 0 radical (unpaired) electrons. The Labute approximate surface area is 140 Å². The zero-order valence-corrected chi connectivity index (χ0v) is 14.2. The Morgan fingerprint density at radius 2 is 1.44 bits per heavy atom. The van der Waals surface area contributed by atoms with Crippen LogP contribution >= 0.6 is 0 Å². The smallest absolute Gasteiger partial charge is 0.376 e. The van der Waals surface area contributed by atoms with Crippen molar-refractivity contribution >= 4 is 26.1 Å². The van der Waals surface area contributed by atoms with Gasteiger partial charge >= 0.3 is 15.6 Å². The van der Waals surface area contributed by atoms with Gasteiger partial charge in [0, 0.05) is 0 Å². The van der Waals surface area contributed by atoms with Crippen LogP contribution in [0, 0.1) is 0 Å². The van der Waals surface area contributed by atoms with Crippen molar-refractivity contribution in [3.8, 4) is 5.75 Å². The first kappa shape index (κ1) is 23.1. The Kier molecular flexibility index (Phi) is 6.95. The van der Waals surface area contributed by atoms with Crippen LogP contribution in [0.3, 0.4) is 0 Å². The lowest BCUT2D eigenvalue weighted by Crippen LogP contribution is -2.34. The molecule has 8 nitrogen and oxygen atoms in total. The number of alkyl halides is 4. The summed E-state index contributed by atoms with van der Waals surface area (Å²) < 4.78 is 101. The third-order valence-electron chi connectivity index (χ3n) is 2.35. The van der Waals surface area contributed by atoms with Crippen molar-refractivity contribution in [3.05, 3.63) is 29.8 Å². The average molecular weight is 411 g/mol. The van der Waals surface area contributed by atoms with Crippen molar-refractivity contribution in [2.75, 3.05) is 6.26 Å². The number of amides is 1. The van der Waals surface area contributed by atoms with Gasteiger partial charge in [-0.3, -0.25) is 9.35 Å². The first-order chi connectivity index (χ1) is 10.9. The molecule has 1 atom stereocenters. The maximum Gasteiger partial charge on any atom is 0.534 e. The van der Waals surface area contributed by atoms with Crippen LogP contribution in [0.15, 0.2) is 24.3 Å².